The summed E-state index contributed by atoms with van der Waals surface area (Å²) in [5, 5.41) is 43.8. The molecule has 31 heavy (non-hydrogen) atoms. The number of hydrogen-bond acceptors (Lipinski definition) is 8. The summed E-state index contributed by atoms with van der Waals surface area (Å²) in [6.07, 6.45) is -0.194. The maximum Gasteiger partial charge on any atom is 0.255 e. The highest BCUT2D eigenvalue weighted by molar-refractivity contribution is 6.37. The number of carbonyl (C=O) groups excluding carboxylic acids is 3. The standard InChI is InChI=1S/C21H19ClN2O7/c1-5-3-9(22)10-6(2)7-4-8-14(23)17(27)13(20(24)30)19(29)21(8,31)18(28)11(7)16(26)12(10)15(5)25/h3,8,14,25-26,29,31H,4,23H2,1-2H3,(H2,24,30)/t8-,14+,21-/m0/s1. The number of rotatable bonds is 1. The van der Waals surface area contributed by atoms with Gasteiger partial charge in [0.05, 0.1) is 17.0 Å². The predicted octanol–water partition coefficient (Wildman–Crippen LogP) is 0.815. The number of halogens is 1. The second-order valence-electron chi connectivity index (χ2n) is 7.99. The van der Waals surface area contributed by atoms with Crippen LogP contribution in [-0.4, -0.2) is 49.5 Å². The van der Waals surface area contributed by atoms with Crippen LogP contribution < -0.4 is 11.5 Å². The Labute approximate surface area is 180 Å². The second-order valence-corrected chi connectivity index (χ2v) is 8.39. The quantitative estimate of drug-likeness (QED) is 0.347. The SMILES string of the molecule is Cc1cc(Cl)c2c(C)c3c(c(O)c2c1O)C(=O)[C@]1(O)C(O)=C(C(N)=O)C(=O)[C@H](N)[C@@H]1C3. The molecule has 0 heterocycles. The third-order valence-corrected chi connectivity index (χ3v) is 6.70. The minimum atomic E-state index is -2.76. The Morgan fingerprint density at radius 2 is 1.77 bits per heavy atom. The Kier molecular flexibility index (Phi) is 4.38. The summed E-state index contributed by atoms with van der Waals surface area (Å²) in [5.41, 5.74) is 8.07. The molecule has 2 aromatic carbocycles. The first kappa shape index (κ1) is 21.1. The van der Waals surface area contributed by atoms with Crippen molar-refractivity contribution in [3.63, 3.8) is 0 Å². The van der Waals surface area contributed by atoms with Crippen molar-refractivity contribution in [3.05, 3.63) is 44.7 Å². The Morgan fingerprint density at radius 1 is 1.16 bits per heavy atom. The third kappa shape index (κ3) is 2.42. The molecule has 8 N–H and O–H groups in total. The van der Waals surface area contributed by atoms with Gasteiger partial charge in [0, 0.05) is 16.3 Å². The van der Waals surface area contributed by atoms with Crippen molar-refractivity contribution in [3.8, 4) is 11.5 Å². The number of phenolic OH excluding ortho intramolecular Hbond substituents is 2. The fraction of sp³-hybridized carbons (Fsp3) is 0.286. The molecule has 0 spiro atoms. The second kappa shape index (κ2) is 6.43. The number of aliphatic hydroxyl groups excluding tert-OH is 1. The van der Waals surface area contributed by atoms with E-state index in [-0.39, 0.29) is 33.7 Å². The van der Waals surface area contributed by atoms with Gasteiger partial charge in [0.15, 0.2) is 11.4 Å². The number of nitrogens with two attached hydrogens (primary N) is 2. The zero-order chi connectivity index (χ0) is 23.2. The summed E-state index contributed by atoms with van der Waals surface area (Å²) < 4.78 is 0. The molecule has 0 aromatic heterocycles. The maximum absolute atomic E-state index is 13.5. The maximum atomic E-state index is 13.5. The Bertz CT molecular complexity index is 1280. The summed E-state index contributed by atoms with van der Waals surface area (Å²) >= 11 is 6.35. The number of benzene rings is 2. The molecule has 0 saturated heterocycles. The number of aromatic hydroxyl groups is 2. The first-order chi connectivity index (χ1) is 14.3. The molecule has 9 nitrogen and oxygen atoms in total. The molecule has 2 aromatic rings. The number of amides is 1. The smallest absolute Gasteiger partial charge is 0.255 e. The number of ketones is 2. The molecule has 10 heteroatoms. The summed E-state index contributed by atoms with van der Waals surface area (Å²) in [4.78, 5) is 37.7. The van der Waals surface area contributed by atoms with Gasteiger partial charge >= 0.3 is 0 Å². The number of primary amides is 1. The molecule has 0 radical (unpaired) electrons. The fourth-order valence-electron chi connectivity index (χ4n) is 4.76. The van der Waals surface area contributed by atoms with Crippen molar-refractivity contribution in [2.24, 2.45) is 17.4 Å². The van der Waals surface area contributed by atoms with Gasteiger partial charge in [-0.3, -0.25) is 14.4 Å². The number of fused-ring (bicyclic) bond motifs is 3. The molecule has 1 amide bonds. The van der Waals surface area contributed by atoms with Crippen LogP contribution in [0.2, 0.25) is 5.02 Å². The van der Waals surface area contributed by atoms with E-state index in [0.717, 1.165) is 0 Å². The van der Waals surface area contributed by atoms with E-state index in [9.17, 15) is 34.8 Å². The summed E-state index contributed by atoms with van der Waals surface area (Å²) in [5.74, 6) is -6.98. The monoisotopic (exact) mass is 446 g/mol. The number of hydrogen-bond donors (Lipinski definition) is 6. The van der Waals surface area contributed by atoms with Crippen LogP contribution in [-0.2, 0) is 16.0 Å². The van der Waals surface area contributed by atoms with Crippen LogP contribution >= 0.6 is 11.6 Å². The van der Waals surface area contributed by atoms with E-state index in [1.807, 2.05) is 0 Å². The van der Waals surface area contributed by atoms with E-state index in [0.29, 0.717) is 16.5 Å². The average Bonchev–Trinajstić information content (AvgIpc) is 2.68. The minimum Gasteiger partial charge on any atom is -0.508 e. The van der Waals surface area contributed by atoms with Crippen molar-refractivity contribution in [1.82, 2.24) is 0 Å². The lowest BCUT2D eigenvalue weighted by molar-refractivity contribution is -0.127. The van der Waals surface area contributed by atoms with E-state index in [1.165, 1.54) is 6.07 Å². The number of aliphatic hydroxyl groups is 2. The Hall–Kier alpha value is -3.14. The molecular weight excluding hydrogens is 428 g/mol. The number of phenols is 2. The molecule has 0 unspecified atom stereocenters. The Balaban J connectivity index is 2.14. The topological polar surface area (TPSA) is 184 Å². The van der Waals surface area contributed by atoms with Crippen LogP contribution in [0.3, 0.4) is 0 Å². The highest BCUT2D eigenvalue weighted by atomic mass is 35.5. The van der Waals surface area contributed by atoms with Crippen LogP contribution in [0, 0.1) is 19.8 Å². The van der Waals surface area contributed by atoms with Crippen LogP contribution in [0.15, 0.2) is 17.4 Å². The lowest BCUT2D eigenvalue weighted by Gasteiger charge is -2.44. The van der Waals surface area contributed by atoms with Gasteiger partial charge in [-0.25, -0.2) is 0 Å². The van der Waals surface area contributed by atoms with E-state index in [2.05, 4.69) is 0 Å². The average molecular weight is 447 g/mol. The molecule has 162 valence electrons. The number of carbonyl (C=O) groups is 3. The summed E-state index contributed by atoms with van der Waals surface area (Å²) in [6.45, 7) is 3.17. The molecule has 0 saturated carbocycles. The Morgan fingerprint density at radius 3 is 2.35 bits per heavy atom. The van der Waals surface area contributed by atoms with Crippen LogP contribution in [0.4, 0.5) is 0 Å². The minimum absolute atomic E-state index is 0.0913. The fourth-order valence-corrected chi connectivity index (χ4v) is 5.16. The molecule has 2 aliphatic carbocycles. The van der Waals surface area contributed by atoms with Gasteiger partial charge in [-0.2, -0.15) is 0 Å². The van der Waals surface area contributed by atoms with E-state index in [1.54, 1.807) is 13.8 Å². The van der Waals surface area contributed by atoms with Gasteiger partial charge in [-0.1, -0.05) is 11.6 Å². The zero-order valence-electron chi connectivity index (χ0n) is 16.5. The molecular formula is C21H19ClN2O7. The lowest BCUT2D eigenvalue weighted by atomic mass is 9.61. The largest absolute Gasteiger partial charge is 0.508 e. The highest BCUT2D eigenvalue weighted by Gasteiger charge is 2.61. The van der Waals surface area contributed by atoms with Crippen molar-refractivity contribution >= 4 is 39.8 Å². The number of aryl methyl sites for hydroxylation is 2. The summed E-state index contributed by atoms with van der Waals surface area (Å²) in [7, 11) is 0. The normalized spacial score (nSPS) is 25.6. The molecule has 0 bridgehead atoms. The van der Waals surface area contributed by atoms with E-state index >= 15 is 0 Å². The number of Topliss-reactive ketones (excluding diaryl/α,β-unsaturated/α-hetero) is 2. The summed E-state index contributed by atoms with van der Waals surface area (Å²) in [6, 6.07) is -0.0116. The van der Waals surface area contributed by atoms with E-state index in [4.69, 9.17) is 23.1 Å². The van der Waals surface area contributed by atoms with Crippen molar-refractivity contribution in [2.75, 3.05) is 0 Å². The van der Waals surface area contributed by atoms with Gasteiger partial charge in [0.25, 0.3) is 5.91 Å². The van der Waals surface area contributed by atoms with Gasteiger partial charge in [0.1, 0.15) is 22.8 Å². The molecule has 0 fully saturated rings. The first-order valence-corrected chi connectivity index (χ1v) is 9.70. The van der Waals surface area contributed by atoms with Crippen molar-refractivity contribution in [1.29, 1.82) is 0 Å². The van der Waals surface area contributed by atoms with Crippen LogP contribution in [0.25, 0.3) is 10.8 Å². The van der Waals surface area contributed by atoms with Crippen molar-refractivity contribution < 1.29 is 34.8 Å². The van der Waals surface area contributed by atoms with Gasteiger partial charge < -0.3 is 31.9 Å². The molecule has 4 rings (SSSR count). The van der Waals surface area contributed by atoms with Gasteiger partial charge in [-0.15, -0.1) is 0 Å². The lowest BCUT2D eigenvalue weighted by Crippen LogP contribution is -2.64. The predicted molar refractivity (Wildman–Crippen MR) is 110 cm³/mol. The van der Waals surface area contributed by atoms with Crippen LogP contribution in [0.5, 0.6) is 11.5 Å². The van der Waals surface area contributed by atoms with Gasteiger partial charge in [-0.05, 0) is 43.0 Å². The zero-order valence-corrected chi connectivity index (χ0v) is 17.2. The van der Waals surface area contributed by atoms with Crippen molar-refractivity contribution in [2.45, 2.75) is 31.9 Å². The van der Waals surface area contributed by atoms with Gasteiger partial charge in [0.2, 0.25) is 5.78 Å². The third-order valence-electron chi connectivity index (χ3n) is 6.41. The van der Waals surface area contributed by atoms with Crippen LogP contribution in [0.1, 0.15) is 27.0 Å². The first-order valence-electron chi connectivity index (χ1n) is 9.32. The molecule has 0 aliphatic heterocycles. The highest BCUT2D eigenvalue weighted by Crippen LogP contribution is 2.51. The van der Waals surface area contributed by atoms with E-state index < -0.39 is 52.1 Å². The molecule has 3 atom stereocenters. The molecule has 2 aliphatic rings.